The number of fused-ring (bicyclic) bond motifs is 5. The Morgan fingerprint density at radius 2 is 1.62 bits per heavy atom. The maximum atomic E-state index is 12.5. The van der Waals surface area contributed by atoms with E-state index >= 15 is 0 Å². The smallest absolute Gasteiger partial charge is 0.259 e. The summed E-state index contributed by atoms with van der Waals surface area (Å²) in [5.41, 5.74) is 4.98. The topological polar surface area (TPSA) is 82.2 Å². The number of hydrogen-bond donors (Lipinski definition) is 3. The van der Waals surface area contributed by atoms with Gasteiger partial charge in [0.15, 0.2) is 0 Å². The molecule has 0 radical (unpaired) electrons. The first kappa shape index (κ1) is 14.7. The van der Waals surface area contributed by atoms with E-state index < -0.39 is 5.91 Å². The van der Waals surface area contributed by atoms with Crippen molar-refractivity contribution in [2.45, 2.75) is 6.92 Å². The third-order valence-electron chi connectivity index (χ3n) is 5.03. The number of phenols is 1. The van der Waals surface area contributed by atoms with Crippen molar-refractivity contribution in [2.24, 2.45) is 0 Å². The maximum absolute atomic E-state index is 12.5. The Morgan fingerprint density at radius 3 is 2.38 bits per heavy atom. The van der Waals surface area contributed by atoms with Gasteiger partial charge in [0, 0.05) is 21.9 Å². The minimum Gasteiger partial charge on any atom is -0.508 e. The van der Waals surface area contributed by atoms with Crippen molar-refractivity contribution in [1.29, 1.82) is 0 Å². The fraction of sp³-hybridized carbons (Fsp3) is 0.0476. The number of carbonyl (C=O) groups excluding carboxylic acids is 2. The molecule has 5 nitrogen and oxygen atoms in total. The molecule has 5 rings (SSSR count). The molecule has 1 aliphatic heterocycles. The van der Waals surface area contributed by atoms with Gasteiger partial charge in [-0.1, -0.05) is 30.3 Å². The number of imide groups is 1. The molecule has 3 N–H and O–H groups in total. The number of phenolic OH excluding ortho intramolecular Hbond substituents is 1. The second kappa shape index (κ2) is 4.95. The predicted octanol–water partition coefficient (Wildman–Crippen LogP) is 3.89. The van der Waals surface area contributed by atoms with Crippen molar-refractivity contribution in [3.05, 3.63) is 65.2 Å². The van der Waals surface area contributed by atoms with Gasteiger partial charge >= 0.3 is 0 Å². The molecule has 0 saturated heterocycles. The van der Waals surface area contributed by atoms with E-state index in [1.165, 1.54) is 0 Å². The van der Waals surface area contributed by atoms with Crippen LogP contribution >= 0.6 is 0 Å². The first-order valence-corrected chi connectivity index (χ1v) is 8.28. The third kappa shape index (κ3) is 1.80. The molecular weight excluding hydrogens is 328 g/mol. The lowest BCUT2D eigenvalue weighted by molar-refractivity contribution is 0.0880. The second-order valence-corrected chi connectivity index (χ2v) is 6.50. The second-order valence-electron chi connectivity index (χ2n) is 6.50. The lowest BCUT2D eigenvalue weighted by Crippen LogP contribution is -2.20. The summed E-state index contributed by atoms with van der Waals surface area (Å²) in [6, 6.07) is 14.8. The van der Waals surface area contributed by atoms with Crippen LogP contribution in [0.15, 0.2) is 48.5 Å². The van der Waals surface area contributed by atoms with Crippen LogP contribution in [0.1, 0.15) is 26.3 Å². The Hall–Kier alpha value is -3.60. The molecule has 3 aromatic carbocycles. The number of H-pyrrole nitrogens is 1. The highest BCUT2D eigenvalue weighted by Crippen LogP contribution is 2.42. The fourth-order valence-electron chi connectivity index (χ4n) is 3.96. The van der Waals surface area contributed by atoms with Crippen molar-refractivity contribution < 1.29 is 14.7 Å². The van der Waals surface area contributed by atoms with Gasteiger partial charge < -0.3 is 10.1 Å². The van der Waals surface area contributed by atoms with Crippen LogP contribution in [-0.4, -0.2) is 21.9 Å². The molecule has 2 amide bonds. The molecule has 0 aliphatic carbocycles. The van der Waals surface area contributed by atoms with E-state index in [-0.39, 0.29) is 11.7 Å². The number of aromatic nitrogens is 1. The van der Waals surface area contributed by atoms with E-state index in [1.54, 1.807) is 18.2 Å². The monoisotopic (exact) mass is 342 g/mol. The van der Waals surface area contributed by atoms with Crippen molar-refractivity contribution in [2.75, 3.05) is 0 Å². The number of aromatic hydroxyl groups is 1. The van der Waals surface area contributed by atoms with Crippen LogP contribution < -0.4 is 5.32 Å². The quantitative estimate of drug-likeness (QED) is 0.459. The molecule has 126 valence electrons. The van der Waals surface area contributed by atoms with Gasteiger partial charge in [-0.05, 0) is 36.2 Å². The minimum atomic E-state index is -0.401. The van der Waals surface area contributed by atoms with Crippen LogP contribution in [0.25, 0.3) is 32.9 Å². The fourth-order valence-corrected chi connectivity index (χ4v) is 3.96. The van der Waals surface area contributed by atoms with Crippen LogP contribution in [0.5, 0.6) is 5.75 Å². The molecule has 1 aliphatic rings. The van der Waals surface area contributed by atoms with Crippen LogP contribution in [0.3, 0.4) is 0 Å². The van der Waals surface area contributed by atoms with E-state index in [2.05, 4.69) is 10.3 Å². The lowest BCUT2D eigenvalue weighted by atomic mass is 9.89. The van der Waals surface area contributed by atoms with Gasteiger partial charge in [-0.15, -0.1) is 0 Å². The Bertz CT molecular complexity index is 1250. The largest absolute Gasteiger partial charge is 0.508 e. The van der Waals surface area contributed by atoms with Crippen molar-refractivity contribution in [3.8, 4) is 16.9 Å². The van der Waals surface area contributed by atoms with Gasteiger partial charge in [0.05, 0.1) is 16.6 Å². The van der Waals surface area contributed by atoms with Crippen LogP contribution in [0.2, 0.25) is 0 Å². The molecule has 0 spiro atoms. The van der Waals surface area contributed by atoms with E-state index in [9.17, 15) is 14.7 Å². The van der Waals surface area contributed by atoms with Crippen molar-refractivity contribution in [3.63, 3.8) is 0 Å². The summed E-state index contributed by atoms with van der Waals surface area (Å²) in [7, 11) is 0. The molecule has 0 atom stereocenters. The summed E-state index contributed by atoms with van der Waals surface area (Å²) >= 11 is 0. The molecule has 2 heterocycles. The van der Waals surface area contributed by atoms with Gasteiger partial charge in [0.25, 0.3) is 11.8 Å². The van der Waals surface area contributed by atoms with Crippen LogP contribution in [0.4, 0.5) is 0 Å². The third-order valence-corrected chi connectivity index (χ3v) is 5.03. The summed E-state index contributed by atoms with van der Waals surface area (Å²) in [6.45, 7) is 1.86. The van der Waals surface area contributed by atoms with Gasteiger partial charge in [0.2, 0.25) is 0 Å². The van der Waals surface area contributed by atoms with Gasteiger partial charge in [-0.25, -0.2) is 0 Å². The number of aromatic amines is 1. The van der Waals surface area contributed by atoms with Crippen molar-refractivity contribution >= 4 is 33.6 Å². The lowest BCUT2D eigenvalue weighted by Gasteiger charge is -2.12. The van der Waals surface area contributed by atoms with E-state index in [1.807, 2.05) is 37.3 Å². The molecule has 0 saturated carbocycles. The predicted molar refractivity (Wildman–Crippen MR) is 99.4 cm³/mol. The molecule has 4 aromatic rings. The van der Waals surface area contributed by atoms with Crippen LogP contribution in [0, 0.1) is 6.92 Å². The Labute approximate surface area is 148 Å². The highest BCUT2D eigenvalue weighted by atomic mass is 16.3. The summed E-state index contributed by atoms with van der Waals surface area (Å²) in [5.74, 6) is -0.670. The number of rotatable bonds is 1. The zero-order chi connectivity index (χ0) is 18.0. The van der Waals surface area contributed by atoms with Crippen molar-refractivity contribution in [1.82, 2.24) is 10.3 Å². The first-order chi connectivity index (χ1) is 12.6. The molecule has 0 bridgehead atoms. The highest BCUT2D eigenvalue weighted by molar-refractivity contribution is 6.32. The minimum absolute atomic E-state index is 0.110. The maximum Gasteiger partial charge on any atom is 0.259 e. The Balaban J connectivity index is 2.07. The number of nitrogens with one attached hydrogen (secondary N) is 2. The molecule has 5 heteroatoms. The zero-order valence-electron chi connectivity index (χ0n) is 13.9. The van der Waals surface area contributed by atoms with Gasteiger partial charge in [-0.2, -0.15) is 0 Å². The summed E-state index contributed by atoms with van der Waals surface area (Å²) in [5, 5.41) is 13.7. The number of amides is 2. The van der Waals surface area contributed by atoms with E-state index in [0.717, 1.165) is 33.1 Å². The number of benzene rings is 3. The number of hydrogen-bond acceptors (Lipinski definition) is 3. The van der Waals surface area contributed by atoms with Crippen LogP contribution in [-0.2, 0) is 0 Å². The molecule has 1 aromatic heterocycles. The zero-order valence-corrected chi connectivity index (χ0v) is 13.9. The first-order valence-electron chi connectivity index (χ1n) is 8.28. The highest BCUT2D eigenvalue weighted by Gasteiger charge is 2.34. The summed E-state index contributed by atoms with van der Waals surface area (Å²) in [4.78, 5) is 28.3. The Kier molecular flexibility index (Phi) is 2.80. The average molecular weight is 342 g/mol. The molecule has 0 fully saturated rings. The summed E-state index contributed by atoms with van der Waals surface area (Å²) < 4.78 is 0. The van der Waals surface area contributed by atoms with E-state index in [0.29, 0.717) is 16.5 Å². The molecule has 0 unspecified atom stereocenters. The summed E-state index contributed by atoms with van der Waals surface area (Å²) in [6.07, 6.45) is 0. The normalized spacial score (nSPS) is 13.4. The van der Waals surface area contributed by atoms with Gasteiger partial charge in [0.1, 0.15) is 5.75 Å². The average Bonchev–Trinajstić information content (AvgIpc) is 3.13. The van der Waals surface area contributed by atoms with Gasteiger partial charge in [-0.3, -0.25) is 14.9 Å². The number of carbonyl (C=O) groups is 2. The molecule has 26 heavy (non-hydrogen) atoms. The molecular formula is C21H14N2O3. The standard InChI is InChI=1S/C21H14N2O3/c1-10-15(11-5-3-2-4-6-11)19-17(18-16(10)20(25)23-21(18)26)13-9-12(24)7-8-14(13)22-19/h2-9,22,24H,1H3,(H,23,25,26). The Morgan fingerprint density at radius 1 is 0.885 bits per heavy atom. The van der Waals surface area contributed by atoms with E-state index in [4.69, 9.17) is 0 Å². The SMILES string of the molecule is Cc1c2c(c3c([nH]c4ccc(O)cc43)c1-c1ccccc1)C(=O)NC2=O.